The summed E-state index contributed by atoms with van der Waals surface area (Å²) in [5.41, 5.74) is 0. The lowest BCUT2D eigenvalue weighted by atomic mass is 10.1. The van der Waals surface area contributed by atoms with Crippen LogP contribution in [0, 0.1) is 0 Å². The largest absolute Gasteiger partial charge is 0.480 e. The van der Waals surface area contributed by atoms with Crippen LogP contribution in [-0.2, 0) is 4.79 Å². The van der Waals surface area contributed by atoms with Crippen LogP contribution in [0.1, 0.15) is 32.6 Å². The van der Waals surface area contributed by atoms with Crippen molar-refractivity contribution in [3.8, 4) is 0 Å². The van der Waals surface area contributed by atoms with Gasteiger partial charge in [0.25, 0.3) is 0 Å². The molecule has 0 aromatic carbocycles. The highest BCUT2D eigenvalue weighted by Gasteiger charge is 2.28. The van der Waals surface area contributed by atoms with E-state index in [-0.39, 0.29) is 12.6 Å². The monoisotopic (exact) mass is 201 g/mol. The Labute approximate surface area is 84.5 Å². The number of aliphatic hydroxyl groups excluding tert-OH is 1. The van der Waals surface area contributed by atoms with Crippen molar-refractivity contribution >= 4 is 5.97 Å². The number of aliphatic carboxylic acids is 1. The lowest BCUT2D eigenvalue weighted by molar-refractivity contribution is -0.143. The number of carbonyl (C=O) groups is 1. The average molecular weight is 201 g/mol. The Hall–Kier alpha value is -0.610. The molecule has 0 spiro atoms. The first-order chi connectivity index (χ1) is 6.66. The number of hydrogen-bond acceptors (Lipinski definition) is 3. The Kier molecular flexibility index (Phi) is 4.35. The first-order valence-electron chi connectivity index (χ1n) is 5.26. The minimum atomic E-state index is -0.801. The van der Waals surface area contributed by atoms with Crippen LogP contribution >= 0.6 is 0 Å². The smallest absolute Gasteiger partial charge is 0.320 e. The molecule has 1 aliphatic heterocycles. The fourth-order valence-electron chi connectivity index (χ4n) is 2.05. The number of aliphatic hydroxyl groups is 1. The Morgan fingerprint density at radius 2 is 2.21 bits per heavy atom. The maximum atomic E-state index is 10.8. The maximum absolute atomic E-state index is 10.8. The molecule has 0 aromatic heterocycles. The normalized spacial score (nSPS) is 26.9. The van der Waals surface area contributed by atoms with Gasteiger partial charge in [-0.25, -0.2) is 0 Å². The highest BCUT2D eigenvalue weighted by Crippen LogP contribution is 2.18. The standard InChI is InChI=1S/C10H19NO3/c1-8(10(13)14)11-6-4-2-3-5-9(11)7-12/h8-9,12H,2-7H2,1H3,(H,13,14). The van der Waals surface area contributed by atoms with E-state index in [4.69, 9.17) is 5.11 Å². The number of likely N-dealkylation sites (tertiary alicyclic amines) is 1. The Bertz CT molecular complexity index is 196. The third-order valence-corrected chi connectivity index (χ3v) is 2.99. The van der Waals surface area contributed by atoms with Gasteiger partial charge in [0.1, 0.15) is 6.04 Å². The van der Waals surface area contributed by atoms with Crippen LogP contribution in [-0.4, -0.2) is 46.3 Å². The van der Waals surface area contributed by atoms with Crippen molar-refractivity contribution in [2.75, 3.05) is 13.2 Å². The second kappa shape index (κ2) is 5.32. The van der Waals surface area contributed by atoms with Gasteiger partial charge in [0.05, 0.1) is 6.61 Å². The fraction of sp³-hybridized carbons (Fsp3) is 0.900. The van der Waals surface area contributed by atoms with Gasteiger partial charge in [-0.2, -0.15) is 0 Å². The summed E-state index contributed by atoms with van der Waals surface area (Å²) >= 11 is 0. The number of carboxylic acids is 1. The molecule has 1 fully saturated rings. The van der Waals surface area contributed by atoms with Crippen molar-refractivity contribution in [3.63, 3.8) is 0 Å². The van der Waals surface area contributed by atoms with Gasteiger partial charge in [-0.15, -0.1) is 0 Å². The van der Waals surface area contributed by atoms with Crippen molar-refractivity contribution in [1.82, 2.24) is 4.90 Å². The molecule has 4 nitrogen and oxygen atoms in total. The van der Waals surface area contributed by atoms with Gasteiger partial charge in [-0.1, -0.05) is 12.8 Å². The molecule has 0 radical (unpaired) electrons. The lowest BCUT2D eigenvalue weighted by Crippen LogP contribution is -2.47. The van der Waals surface area contributed by atoms with E-state index in [2.05, 4.69) is 0 Å². The average Bonchev–Trinajstić information content (AvgIpc) is 2.40. The van der Waals surface area contributed by atoms with E-state index in [1.165, 1.54) is 0 Å². The first kappa shape index (κ1) is 11.5. The third-order valence-electron chi connectivity index (χ3n) is 2.99. The number of hydrogen-bond donors (Lipinski definition) is 2. The highest BCUT2D eigenvalue weighted by molar-refractivity contribution is 5.72. The molecule has 0 bridgehead atoms. The number of rotatable bonds is 3. The molecule has 4 heteroatoms. The minimum absolute atomic E-state index is 0.0311. The maximum Gasteiger partial charge on any atom is 0.320 e. The third kappa shape index (κ3) is 2.69. The zero-order valence-corrected chi connectivity index (χ0v) is 8.65. The number of nitrogens with zero attached hydrogens (tertiary/aromatic N) is 1. The van der Waals surface area contributed by atoms with Crippen molar-refractivity contribution in [1.29, 1.82) is 0 Å². The molecule has 2 unspecified atom stereocenters. The Balaban J connectivity index is 2.64. The van der Waals surface area contributed by atoms with Crippen molar-refractivity contribution in [3.05, 3.63) is 0 Å². The zero-order valence-electron chi connectivity index (χ0n) is 8.65. The van der Waals surface area contributed by atoms with E-state index in [9.17, 15) is 9.90 Å². The molecule has 2 atom stereocenters. The summed E-state index contributed by atoms with van der Waals surface area (Å²) in [6, 6.07) is -0.450. The van der Waals surface area contributed by atoms with Crippen LogP contribution in [0.4, 0.5) is 0 Å². The molecule has 1 heterocycles. The molecule has 82 valence electrons. The van der Waals surface area contributed by atoms with E-state index in [0.717, 1.165) is 32.2 Å². The van der Waals surface area contributed by atoms with Gasteiger partial charge in [-0.3, -0.25) is 9.69 Å². The van der Waals surface area contributed by atoms with Gasteiger partial charge in [0, 0.05) is 6.04 Å². The Morgan fingerprint density at radius 1 is 1.50 bits per heavy atom. The molecule has 1 saturated heterocycles. The molecular weight excluding hydrogens is 182 g/mol. The van der Waals surface area contributed by atoms with Crippen LogP contribution in [0.3, 0.4) is 0 Å². The van der Waals surface area contributed by atoms with E-state index in [0.29, 0.717) is 0 Å². The second-order valence-electron chi connectivity index (χ2n) is 3.94. The molecule has 1 rings (SSSR count). The molecule has 1 aliphatic rings. The van der Waals surface area contributed by atoms with E-state index in [1.807, 2.05) is 4.90 Å². The van der Waals surface area contributed by atoms with E-state index < -0.39 is 12.0 Å². The second-order valence-corrected chi connectivity index (χ2v) is 3.94. The van der Waals surface area contributed by atoms with Crippen LogP contribution < -0.4 is 0 Å². The molecule has 2 N–H and O–H groups in total. The molecule has 0 amide bonds. The Morgan fingerprint density at radius 3 is 2.79 bits per heavy atom. The van der Waals surface area contributed by atoms with Crippen LogP contribution in [0.25, 0.3) is 0 Å². The van der Waals surface area contributed by atoms with Crippen molar-refractivity contribution < 1.29 is 15.0 Å². The molecule has 0 aromatic rings. The van der Waals surface area contributed by atoms with Crippen LogP contribution in [0.5, 0.6) is 0 Å². The van der Waals surface area contributed by atoms with Gasteiger partial charge >= 0.3 is 5.97 Å². The van der Waals surface area contributed by atoms with E-state index in [1.54, 1.807) is 6.92 Å². The van der Waals surface area contributed by atoms with Gasteiger partial charge in [0.2, 0.25) is 0 Å². The zero-order chi connectivity index (χ0) is 10.6. The predicted molar refractivity (Wildman–Crippen MR) is 53.1 cm³/mol. The van der Waals surface area contributed by atoms with Crippen molar-refractivity contribution in [2.45, 2.75) is 44.7 Å². The lowest BCUT2D eigenvalue weighted by Gasteiger charge is -2.31. The highest BCUT2D eigenvalue weighted by atomic mass is 16.4. The van der Waals surface area contributed by atoms with E-state index >= 15 is 0 Å². The van der Waals surface area contributed by atoms with Crippen LogP contribution in [0.2, 0.25) is 0 Å². The number of carboxylic acid groups (broad SMARTS) is 1. The summed E-state index contributed by atoms with van der Waals surface area (Å²) < 4.78 is 0. The summed E-state index contributed by atoms with van der Waals surface area (Å²) in [6.45, 7) is 2.55. The SMILES string of the molecule is CC(C(=O)O)N1CCCCCC1CO. The fourth-order valence-corrected chi connectivity index (χ4v) is 2.05. The summed E-state index contributed by atoms with van der Waals surface area (Å²) in [7, 11) is 0. The molecule has 14 heavy (non-hydrogen) atoms. The minimum Gasteiger partial charge on any atom is -0.480 e. The predicted octanol–water partition coefficient (Wildman–Crippen LogP) is 0.696. The summed E-state index contributed by atoms with van der Waals surface area (Å²) in [5, 5.41) is 18.1. The van der Waals surface area contributed by atoms with Gasteiger partial charge in [0.15, 0.2) is 0 Å². The first-order valence-corrected chi connectivity index (χ1v) is 5.26. The molecule has 0 aliphatic carbocycles. The van der Waals surface area contributed by atoms with Crippen LogP contribution in [0.15, 0.2) is 0 Å². The summed E-state index contributed by atoms with van der Waals surface area (Å²) in [4.78, 5) is 12.8. The summed E-state index contributed by atoms with van der Waals surface area (Å²) in [5.74, 6) is -0.801. The molecule has 0 saturated carbocycles. The summed E-state index contributed by atoms with van der Waals surface area (Å²) in [6.07, 6.45) is 4.18. The van der Waals surface area contributed by atoms with Gasteiger partial charge in [-0.05, 0) is 26.3 Å². The molecular formula is C10H19NO3. The van der Waals surface area contributed by atoms with Gasteiger partial charge < -0.3 is 10.2 Å². The quantitative estimate of drug-likeness (QED) is 0.705. The van der Waals surface area contributed by atoms with Crippen molar-refractivity contribution in [2.24, 2.45) is 0 Å². The topological polar surface area (TPSA) is 60.8 Å².